The van der Waals surface area contributed by atoms with Crippen LogP contribution in [0.4, 0.5) is 17.1 Å². The lowest BCUT2D eigenvalue weighted by atomic mass is 10.1. The maximum atomic E-state index is 12.5. The van der Waals surface area contributed by atoms with Crippen LogP contribution in [0.3, 0.4) is 0 Å². The fourth-order valence-corrected chi connectivity index (χ4v) is 2.54. The molecule has 1 aromatic heterocycles. The van der Waals surface area contributed by atoms with Gasteiger partial charge in [-0.1, -0.05) is 18.2 Å². The van der Waals surface area contributed by atoms with Crippen LogP contribution in [-0.2, 0) is 0 Å². The van der Waals surface area contributed by atoms with Crippen molar-refractivity contribution in [2.75, 3.05) is 10.6 Å². The topological polar surface area (TPSA) is 77.8 Å². The first kappa shape index (κ1) is 17.2. The molecule has 2 N–H and O–H groups in total. The van der Waals surface area contributed by atoms with Gasteiger partial charge < -0.3 is 10.6 Å². The predicted molar refractivity (Wildman–Crippen MR) is 103 cm³/mol. The average molecular weight is 342 g/mol. The van der Waals surface area contributed by atoms with Crippen LogP contribution in [0.1, 0.15) is 27.0 Å². The largest absolute Gasteiger partial charge is 0.354 e. The van der Waals surface area contributed by atoms with E-state index in [2.05, 4.69) is 34.7 Å². The summed E-state index contributed by atoms with van der Waals surface area (Å²) in [5, 5.41) is 15.0. The van der Waals surface area contributed by atoms with E-state index in [0.29, 0.717) is 16.8 Å². The normalized spacial score (nSPS) is 10.0. The summed E-state index contributed by atoms with van der Waals surface area (Å²) in [6.07, 6.45) is 3.19. The number of rotatable bonds is 4. The van der Waals surface area contributed by atoms with Crippen molar-refractivity contribution in [3.05, 3.63) is 83.2 Å². The highest BCUT2D eigenvalue weighted by molar-refractivity contribution is 6.04. The van der Waals surface area contributed by atoms with Gasteiger partial charge in [0.05, 0.1) is 29.1 Å². The maximum absolute atomic E-state index is 12.5. The molecule has 0 spiro atoms. The zero-order chi connectivity index (χ0) is 18.5. The van der Waals surface area contributed by atoms with Gasteiger partial charge in [-0.2, -0.15) is 5.26 Å². The quantitative estimate of drug-likeness (QED) is 0.728. The number of nitrogens with one attached hydrogen (secondary N) is 2. The summed E-state index contributed by atoms with van der Waals surface area (Å²) in [4.78, 5) is 16.6. The standard InChI is InChI=1S/C21H18N4O/c1-14-5-3-8-20(15(14)2)24-19-10-17(12-23-13-19)21(26)25-18-7-4-6-16(9-18)11-22/h3-10,12-13,24H,1-2H3,(H,25,26). The van der Waals surface area contributed by atoms with Crippen LogP contribution in [0.15, 0.2) is 60.9 Å². The molecule has 3 aromatic rings. The third kappa shape index (κ3) is 3.87. The van der Waals surface area contributed by atoms with Crippen molar-refractivity contribution in [1.29, 1.82) is 5.26 Å². The number of hydrogen-bond acceptors (Lipinski definition) is 4. The zero-order valence-corrected chi connectivity index (χ0v) is 14.6. The summed E-state index contributed by atoms with van der Waals surface area (Å²) >= 11 is 0. The van der Waals surface area contributed by atoms with Crippen LogP contribution < -0.4 is 10.6 Å². The van der Waals surface area contributed by atoms with E-state index >= 15 is 0 Å². The summed E-state index contributed by atoms with van der Waals surface area (Å²) in [6, 6.07) is 16.6. The van der Waals surface area contributed by atoms with Crippen molar-refractivity contribution >= 4 is 23.0 Å². The lowest BCUT2D eigenvalue weighted by molar-refractivity contribution is 0.102. The predicted octanol–water partition coefficient (Wildman–Crippen LogP) is 4.57. The van der Waals surface area contributed by atoms with E-state index in [1.807, 2.05) is 19.1 Å². The molecule has 0 aliphatic rings. The molecule has 0 aliphatic carbocycles. The number of aromatic nitrogens is 1. The van der Waals surface area contributed by atoms with Crippen LogP contribution >= 0.6 is 0 Å². The number of hydrogen-bond donors (Lipinski definition) is 2. The molecule has 3 rings (SSSR count). The van der Waals surface area contributed by atoms with Crippen molar-refractivity contribution in [1.82, 2.24) is 4.98 Å². The minimum Gasteiger partial charge on any atom is -0.354 e. The number of pyridine rings is 1. The summed E-state index contributed by atoms with van der Waals surface area (Å²) in [5.41, 5.74) is 5.55. The molecule has 0 fully saturated rings. The monoisotopic (exact) mass is 342 g/mol. The number of anilines is 3. The van der Waals surface area contributed by atoms with Gasteiger partial charge in [-0.15, -0.1) is 0 Å². The van der Waals surface area contributed by atoms with E-state index in [1.165, 1.54) is 11.8 Å². The van der Waals surface area contributed by atoms with Crippen LogP contribution in [0, 0.1) is 25.2 Å². The third-order valence-electron chi connectivity index (χ3n) is 4.13. The van der Waals surface area contributed by atoms with Gasteiger partial charge in [0.2, 0.25) is 0 Å². The second kappa shape index (κ2) is 7.49. The first-order valence-electron chi connectivity index (χ1n) is 8.16. The van der Waals surface area contributed by atoms with Gasteiger partial charge in [0.1, 0.15) is 0 Å². The molecule has 1 amide bonds. The molecule has 128 valence electrons. The van der Waals surface area contributed by atoms with Crippen LogP contribution in [0.2, 0.25) is 0 Å². The highest BCUT2D eigenvalue weighted by Crippen LogP contribution is 2.23. The Bertz CT molecular complexity index is 1000. The minimum absolute atomic E-state index is 0.280. The van der Waals surface area contributed by atoms with Gasteiger partial charge >= 0.3 is 0 Å². The van der Waals surface area contributed by atoms with Gasteiger partial charge in [0, 0.05) is 17.6 Å². The van der Waals surface area contributed by atoms with E-state index in [1.54, 1.807) is 36.5 Å². The summed E-state index contributed by atoms with van der Waals surface area (Å²) < 4.78 is 0. The second-order valence-corrected chi connectivity index (χ2v) is 5.98. The van der Waals surface area contributed by atoms with Crippen molar-refractivity contribution in [2.45, 2.75) is 13.8 Å². The molecule has 0 unspecified atom stereocenters. The molecule has 2 aromatic carbocycles. The summed E-state index contributed by atoms with van der Waals surface area (Å²) in [6.45, 7) is 4.10. The molecular formula is C21H18N4O. The Morgan fingerprint density at radius 1 is 1.04 bits per heavy atom. The maximum Gasteiger partial charge on any atom is 0.257 e. The minimum atomic E-state index is -0.280. The Morgan fingerprint density at radius 2 is 1.85 bits per heavy atom. The second-order valence-electron chi connectivity index (χ2n) is 5.98. The van der Waals surface area contributed by atoms with Crippen molar-refractivity contribution in [3.8, 4) is 6.07 Å². The van der Waals surface area contributed by atoms with Crippen LogP contribution in [-0.4, -0.2) is 10.9 Å². The van der Waals surface area contributed by atoms with Gasteiger partial charge in [-0.25, -0.2) is 0 Å². The number of nitriles is 1. The van der Waals surface area contributed by atoms with Crippen molar-refractivity contribution in [2.24, 2.45) is 0 Å². The van der Waals surface area contributed by atoms with E-state index in [-0.39, 0.29) is 5.91 Å². The average Bonchev–Trinajstić information content (AvgIpc) is 2.66. The highest BCUT2D eigenvalue weighted by atomic mass is 16.1. The number of benzene rings is 2. The molecule has 26 heavy (non-hydrogen) atoms. The molecule has 1 heterocycles. The fourth-order valence-electron chi connectivity index (χ4n) is 2.54. The molecule has 0 radical (unpaired) electrons. The Balaban J connectivity index is 1.79. The molecule has 0 bridgehead atoms. The number of aryl methyl sites for hydroxylation is 1. The number of nitrogens with zero attached hydrogens (tertiary/aromatic N) is 2. The zero-order valence-electron chi connectivity index (χ0n) is 14.6. The SMILES string of the molecule is Cc1cccc(Nc2cncc(C(=O)Nc3cccc(C#N)c3)c2)c1C. The van der Waals surface area contributed by atoms with E-state index in [4.69, 9.17) is 5.26 Å². The lowest BCUT2D eigenvalue weighted by Gasteiger charge is -2.12. The highest BCUT2D eigenvalue weighted by Gasteiger charge is 2.09. The third-order valence-corrected chi connectivity index (χ3v) is 4.13. The Morgan fingerprint density at radius 3 is 2.65 bits per heavy atom. The molecule has 0 saturated heterocycles. The van der Waals surface area contributed by atoms with E-state index in [9.17, 15) is 4.79 Å². The van der Waals surface area contributed by atoms with Gasteiger partial charge in [-0.3, -0.25) is 9.78 Å². The van der Waals surface area contributed by atoms with Gasteiger partial charge in [0.15, 0.2) is 0 Å². The number of carbonyl (C=O) groups excluding carboxylic acids is 1. The molecular weight excluding hydrogens is 324 g/mol. The van der Waals surface area contributed by atoms with Crippen LogP contribution in [0.5, 0.6) is 0 Å². The molecule has 0 atom stereocenters. The van der Waals surface area contributed by atoms with Gasteiger partial charge in [0.25, 0.3) is 5.91 Å². The Labute approximate surface area is 152 Å². The number of amides is 1. The molecule has 5 heteroatoms. The summed E-state index contributed by atoms with van der Waals surface area (Å²) in [5.74, 6) is -0.280. The molecule has 0 saturated carbocycles. The van der Waals surface area contributed by atoms with E-state index < -0.39 is 0 Å². The van der Waals surface area contributed by atoms with Crippen LogP contribution in [0.25, 0.3) is 0 Å². The van der Waals surface area contributed by atoms with Crippen molar-refractivity contribution < 1.29 is 4.79 Å². The first-order valence-corrected chi connectivity index (χ1v) is 8.16. The Hall–Kier alpha value is -3.65. The first-order chi connectivity index (χ1) is 12.6. The van der Waals surface area contributed by atoms with E-state index in [0.717, 1.165) is 16.9 Å². The number of carbonyl (C=O) groups is 1. The Kier molecular flexibility index (Phi) is 4.95. The summed E-state index contributed by atoms with van der Waals surface area (Å²) in [7, 11) is 0. The fraction of sp³-hybridized carbons (Fsp3) is 0.0952. The van der Waals surface area contributed by atoms with Crippen molar-refractivity contribution in [3.63, 3.8) is 0 Å². The molecule has 0 aliphatic heterocycles. The smallest absolute Gasteiger partial charge is 0.257 e. The molecule has 5 nitrogen and oxygen atoms in total. The lowest BCUT2D eigenvalue weighted by Crippen LogP contribution is -2.12. The van der Waals surface area contributed by atoms with Gasteiger partial charge in [-0.05, 0) is 55.3 Å².